The van der Waals surface area contributed by atoms with Crippen LogP contribution in [0.1, 0.15) is 0 Å². The monoisotopic (exact) mass is 293 g/mol. The van der Waals surface area contributed by atoms with Gasteiger partial charge in [-0.05, 0) is 12.1 Å². The molecule has 0 atom stereocenters. The summed E-state index contributed by atoms with van der Waals surface area (Å²) in [6, 6.07) is 6.00. The molecule has 112 valence electrons. The normalized spacial score (nSPS) is 14.3. The Kier molecular flexibility index (Phi) is 4.60. The Bertz CT molecular complexity index is 560. The van der Waals surface area contributed by atoms with E-state index in [1.165, 1.54) is 11.0 Å². The number of hydrogen-bond acceptors (Lipinski definition) is 4. The van der Waals surface area contributed by atoms with E-state index in [0.717, 1.165) is 0 Å². The molecule has 3 amide bonds. The summed E-state index contributed by atoms with van der Waals surface area (Å²) in [6.45, 7) is 0.422. The molecule has 0 unspecified atom stereocenters. The van der Waals surface area contributed by atoms with E-state index in [4.69, 9.17) is 9.84 Å². The summed E-state index contributed by atoms with van der Waals surface area (Å²) in [5, 5.41) is 13.8. The molecule has 21 heavy (non-hydrogen) atoms. The predicted molar refractivity (Wildman–Crippen MR) is 73.2 cm³/mol. The maximum Gasteiger partial charge on any atom is 0.341 e. The third-order valence-electron chi connectivity index (χ3n) is 2.77. The van der Waals surface area contributed by atoms with Gasteiger partial charge in [0.2, 0.25) is 5.91 Å². The number of hydrogen-bond donors (Lipinski definition) is 3. The first-order chi connectivity index (χ1) is 10.0. The van der Waals surface area contributed by atoms with Crippen LogP contribution in [-0.2, 0) is 9.59 Å². The van der Waals surface area contributed by atoms with Gasteiger partial charge in [0, 0.05) is 24.8 Å². The molecule has 1 aliphatic rings. The van der Waals surface area contributed by atoms with Crippen LogP contribution in [0.2, 0.25) is 0 Å². The van der Waals surface area contributed by atoms with E-state index >= 15 is 0 Å². The number of carbonyl (C=O) groups excluding carboxylic acids is 2. The second kappa shape index (κ2) is 6.60. The van der Waals surface area contributed by atoms with E-state index < -0.39 is 12.6 Å². The molecule has 1 heterocycles. The fourth-order valence-electron chi connectivity index (χ4n) is 1.82. The highest BCUT2D eigenvalue weighted by atomic mass is 16.5. The fraction of sp³-hybridized carbons (Fsp3) is 0.308. The van der Waals surface area contributed by atoms with Crippen LogP contribution < -0.4 is 15.4 Å². The lowest BCUT2D eigenvalue weighted by molar-refractivity contribution is -0.139. The van der Waals surface area contributed by atoms with Crippen molar-refractivity contribution in [3.8, 4) is 5.75 Å². The lowest BCUT2D eigenvalue weighted by Gasteiger charge is -2.26. The minimum Gasteiger partial charge on any atom is -0.482 e. The highest BCUT2D eigenvalue weighted by Gasteiger charge is 2.21. The van der Waals surface area contributed by atoms with E-state index in [0.29, 0.717) is 24.5 Å². The van der Waals surface area contributed by atoms with Crippen molar-refractivity contribution in [3.63, 3.8) is 0 Å². The van der Waals surface area contributed by atoms with Crippen LogP contribution >= 0.6 is 0 Å². The van der Waals surface area contributed by atoms with E-state index in [2.05, 4.69) is 10.6 Å². The van der Waals surface area contributed by atoms with Crippen molar-refractivity contribution in [3.05, 3.63) is 24.3 Å². The van der Waals surface area contributed by atoms with Crippen LogP contribution in [0.5, 0.6) is 5.75 Å². The van der Waals surface area contributed by atoms with Gasteiger partial charge in [0.1, 0.15) is 12.3 Å². The second-order valence-corrected chi connectivity index (χ2v) is 4.41. The Balaban J connectivity index is 1.95. The zero-order valence-corrected chi connectivity index (χ0v) is 11.2. The Morgan fingerprint density at radius 2 is 2.24 bits per heavy atom. The number of nitrogens with one attached hydrogen (secondary N) is 2. The van der Waals surface area contributed by atoms with Gasteiger partial charge >= 0.3 is 12.0 Å². The molecular weight excluding hydrogens is 278 g/mol. The zero-order valence-electron chi connectivity index (χ0n) is 11.2. The molecule has 1 fully saturated rings. The number of carbonyl (C=O) groups is 3. The lowest BCUT2D eigenvalue weighted by atomic mass is 10.3. The van der Waals surface area contributed by atoms with Gasteiger partial charge < -0.3 is 25.4 Å². The van der Waals surface area contributed by atoms with Crippen LogP contribution in [0.15, 0.2) is 24.3 Å². The van der Waals surface area contributed by atoms with Crippen molar-refractivity contribution in [2.45, 2.75) is 0 Å². The van der Waals surface area contributed by atoms with Crippen molar-refractivity contribution in [1.29, 1.82) is 0 Å². The summed E-state index contributed by atoms with van der Waals surface area (Å²) in [6.07, 6.45) is 0. The number of anilines is 1. The van der Waals surface area contributed by atoms with Gasteiger partial charge in [0.05, 0.1) is 0 Å². The highest BCUT2D eigenvalue weighted by Crippen LogP contribution is 2.17. The topological polar surface area (TPSA) is 108 Å². The molecule has 8 heteroatoms. The van der Waals surface area contributed by atoms with E-state index in [1.54, 1.807) is 18.2 Å². The molecule has 1 saturated heterocycles. The van der Waals surface area contributed by atoms with Gasteiger partial charge in [-0.15, -0.1) is 0 Å². The first-order valence-electron chi connectivity index (χ1n) is 6.32. The van der Waals surface area contributed by atoms with Crippen molar-refractivity contribution in [2.24, 2.45) is 0 Å². The van der Waals surface area contributed by atoms with Gasteiger partial charge in [0.15, 0.2) is 6.61 Å². The molecule has 0 saturated carbocycles. The van der Waals surface area contributed by atoms with Crippen LogP contribution in [0, 0.1) is 0 Å². The summed E-state index contributed by atoms with van der Waals surface area (Å²) < 4.78 is 5.02. The molecule has 0 spiro atoms. The average Bonchev–Trinajstić information content (AvgIpc) is 2.45. The maximum atomic E-state index is 12.0. The Labute approximate surface area is 120 Å². The highest BCUT2D eigenvalue weighted by molar-refractivity contribution is 5.93. The average molecular weight is 293 g/mol. The molecule has 3 N–H and O–H groups in total. The van der Waals surface area contributed by atoms with E-state index in [1.807, 2.05) is 0 Å². The Hall–Kier alpha value is -2.77. The number of ether oxygens (including phenoxy) is 1. The molecule has 0 aliphatic carbocycles. The van der Waals surface area contributed by atoms with Crippen LogP contribution in [-0.4, -0.2) is 54.2 Å². The second-order valence-electron chi connectivity index (χ2n) is 4.41. The largest absolute Gasteiger partial charge is 0.482 e. The number of aliphatic carboxylic acids is 1. The van der Waals surface area contributed by atoms with Crippen LogP contribution in [0.25, 0.3) is 0 Å². The molecule has 8 nitrogen and oxygen atoms in total. The Morgan fingerprint density at radius 3 is 2.95 bits per heavy atom. The van der Waals surface area contributed by atoms with E-state index in [9.17, 15) is 14.4 Å². The molecule has 1 aliphatic heterocycles. The fourth-order valence-corrected chi connectivity index (χ4v) is 1.82. The van der Waals surface area contributed by atoms with Crippen molar-refractivity contribution < 1.29 is 24.2 Å². The SMILES string of the molecule is O=C(O)COc1cccc(NC(=O)N2CCNC(=O)C2)c1. The Morgan fingerprint density at radius 1 is 1.43 bits per heavy atom. The van der Waals surface area contributed by atoms with Crippen LogP contribution in [0.3, 0.4) is 0 Å². The molecule has 0 bridgehead atoms. The number of rotatable bonds is 4. The number of nitrogens with zero attached hydrogens (tertiary/aromatic N) is 1. The molecule has 0 aromatic heterocycles. The number of amides is 3. The minimum atomic E-state index is -1.08. The lowest BCUT2D eigenvalue weighted by Crippen LogP contribution is -2.51. The molecule has 1 aromatic carbocycles. The standard InChI is InChI=1S/C13H15N3O5/c17-11-7-16(5-4-14-11)13(20)15-9-2-1-3-10(6-9)21-8-12(18)19/h1-3,6H,4-5,7-8H2,(H,14,17)(H,15,20)(H,18,19). The number of urea groups is 1. The minimum absolute atomic E-state index is 0.0149. The van der Waals surface area contributed by atoms with Gasteiger partial charge in [-0.25, -0.2) is 9.59 Å². The van der Waals surface area contributed by atoms with Gasteiger partial charge in [-0.3, -0.25) is 4.79 Å². The van der Waals surface area contributed by atoms with Crippen molar-refractivity contribution in [1.82, 2.24) is 10.2 Å². The summed E-state index contributed by atoms with van der Waals surface area (Å²) in [4.78, 5) is 35.0. The quantitative estimate of drug-likeness (QED) is 0.730. The number of carboxylic acids is 1. The van der Waals surface area contributed by atoms with E-state index in [-0.39, 0.29) is 18.5 Å². The summed E-state index contributed by atoms with van der Waals surface area (Å²) >= 11 is 0. The summed E-state index contributed by atoms with van der Waals surface area (Å²) in [7, 11) is 0. The third-order valence-corrected chi connectivity index (χ3v) is 2.77. The van der Waals surface area contributed by atoms with Gasteiger partial charge in [-0.1, -0.05) is 6.07 Å². The van der Waals surface area contributed by atoms with Crippen LogP contribution in [0.4, 0.5) is 10.5 Å². The molecule has 1 aromatic rings. The number of piperazine rings is 1. The predicted octanol–water partition coefficient (Wildman–Crippen LogP) is 0.114. The van der Waals surface area contributed by atoms with Gasteiger partial charge in [0.25, 0.3) is 0 Å². The number of carboxylic acid groups (broad SMARTS) is 1. The summed E-state index contributed by atoms with van der Waals surface area (Å²) in [5.74, 6) is -0.940. The van der Waals surface area contributed by atoms with Crippen molar-refractivity contribution in [2.75, 3.05) is 31.6 Å². The third kappa shape index (κ3) is 4.37. The maximum absolute atomic E-state index is 12.0. The first kappa shape index (κ1) is 14.6. The molecular formula is C13H15N3O5. The number of benzene rings is 1. The van der Waals surface area contributed by atoms with Gasteiger partial charge in [-0.2, -0.15) is 0 Å². The van der Waals surface area contributed by atoms with Crippen molar-refractivity contribution >= 4 is 23.6 Å². The smallest absolute Gasteiger partial charge is 0.341 e. The molecule has 0 radical (unpaired) electrons. The summed E-state index contributed by atoms with van der Waals surface area (Å²) in [5.41, 5.74) is 0.467. The molecule has 2 rings (SSSR count). The first-order valence-corrected chi connectivity index (χ1v) is 6.32. The zero-order chi connectivity index (χ0) is 15.2.